The van der Waals surface area contributed by atoms with E-state index >= 15 is 0 Å². The molecule has 1 amide bonds. The zero-order chi connectivity index (χ0) is 19.0. The molecule has 5 atom stereocenters. The second-order valence-electron chi connectivity index (χ2n) is 8.27. The first-order chi connectivity index (χ1) is 13.0. The van der Waals surface area contributed by atoms with Gasteiger partial charge in [0.1, 0.15) is 5.52 Å². The van der Waals surface area contributed by atoms with Gasteiger partial charge >= 0.3 is 0 Å². The zero-order valence-electron chi connectivity index (χ0n) is 16.1. The summed E-state index contributed by atoms with van der Waals surface area (Å²) in [5.41, 5.74) is 1.75. The molecular formula is C21H29N3O3. The van der Waals surface area contributed by atoms with E-state index in [2.05, 4.69) is 22.5 Å². The van der Waals surface area contributed by atoms with Crippen molar-refractivity contribution in [3.05, 3.63) is 23.8 Å². The van der Waals surface area contributed by atoms with Crippen molar-refractivity contribution in [2.24, 2.45) is 17.8 Å². The fraction of sp³-hybridized carbons (Fsp3) is 0.619. The number of para-hydroxylation sites is 1. The van der Waals surface area contributed by atoms with Gasteiger partial charge in [-0.15, -0.1) is 0 Å². The van der Waals surface area contributed by atoms with Crippen molar-refractivity contribution >= 4 is 23.0 Å². The summed E-state index contributed by atoms with van der Waals surface area (Å²) in [6.45, 7) is 4.65. The molecule has 2 aromatic rings. The Balaban J connectivity index is 1.49. The smallest absolute Gasteiger partial charge is 0.295 e. The van der Waals surface area contributed by atoms with Crippen LogP contribution in [0.3, 0.4) is 0 Å². The second kappa shape index (κ2) is 7.50. The lowest BCUT2D eigenvalue weighted by atomic mass is 9.79. The van der Waals surface area contributed by atoms with Crippen molar-refractivity contribution in [3.8, 4) is 0 Å². The van der Waals surface area contributed by atoms with Crippen molar-refractivity contribution in [3.63, 3.8) is 0 Å². The average Bonchev–Trinajstić information content (AvgIpc) is 3.08. The van der Waals surface area contributed by atoms with Crippen molar-refractivity contribution < 1.29 is 14.3 Å². The highest BCUT2D eigenvalue weighted by Crippen LogP contribution is 2.46. The first kappa shape index (κ1) is 18.3. The van der Waals surface area contributed by atoms with Gasteiger partial charge in [0.05, 0.1) is 11.7 Å². The van der Waals surface area contributed by atoms with E-state index in [0.29, 0.717) is 47.5 Å². The quantitative estimate of drug-likeness (QED) is 0.723. The number of aliphatic hydroxyl groups excluding tert-OH is 1. The summed E-state index contributed by atoms with van der Waals surface area (Å²) in [7, 11) is 0. The maximum absolute atomic E-state index is 13.0. The number of aliphatic hydroxyl groups is 1. The fourth-order valence-corrected chi connectivity index (χ4v) is 4.90. The standard InChI is InChI=1S/C21H29N3O3/c1-12(25)9-10-22-21-24-19-16(7-4-8-18(19)27-21)20(26)23-17-11-14-5-3-6-15(17)13(14)2/h4,7-8,12-15,17,25H,3,5-6,9-11H2,1-2H3,(H,22,24)(H,23,26). The third-order valence-electron chi connectivity index (χ3n) is 6.42. The molecule has 6 nitrogen and oxygen atoms in total. The number of amides is 1. The van der Waals surface area contributed by atoms with Gasteiger partial charge in [-0.3, -0.25) is 4.79 Å². The molecule has 27 heavy (non-hydrogen) atoms. The maximum Gasteiger partial charge on any atom is 0.295 e. The van der Waals surface area contributed by atoms with Crippen LogP contribution in [0.25, 0.3) is 11.1 Å². The molecule has 0 aliphatic heterocycles. The van der Waals surface area contributed by atoms with Gasteiger partial charge in [0, 0.05) is 12.6 Å². The number of aromatic nitrogens is 1. The Morgan fingerprint density at radius 3 is 3.04 bits per heavy atom. The minimum Gasteiger partial charge on any atom is -0.424 e. The minimum absolute atomic E-state index is 0.0609. The summed E-state index contributed by atoms with van der Waals surface area (Å²) in [6, 6.07) is 6.12. The number of benzene rings is 1. The number of nitrogens with zero attached hydrogens (tertiary/aromatic N) is 1. The molecule has 2 aliphatic carbocycles. The van der Waals surface area contributed by atoms with Crippen molar-refractivity contribution in [2.75, 3.05) is 11.9 Å². The summed E-state index contributed by atoms with van der Waals surface area (Å²) in [5, 5.41) is 15.7. The Hall–Kier alpha value is -2.08. The van der Waals surface area contributed by atoms with E-state index in [0.717, 1.165) is 12.3 Å². The SMILES string of the molecule is CC(O)CCNc1nc2c(C(=O)NC3CC4CCCC3C4C)cccc2o1. The van der Waals surface area contributed by atoms with Crippen LogP contribution in [0.15, 0.2) is 22.6 Å². The largest absolute Gasteiger partial charge is 0.424 e. The molecule has 1 heterocycles. The first-order valence-corrected chi connectivity index (χ1v) is 10.1. The molecule has 5 unspecified atom stereocenters. The van der Waals surface area contributed by atoms with Crippen LogP contribution in [0, 0.1) is 17.8 Å². The Kier molecular flexibility index (Phi) is 5.08. The molecule has 4 rings (SSSR count). The molecule has 0 radical (unpaired) electrons. The Bertz CT molecular complexity index is 816. The van der Waals surface area contributed by atoms with Crippen LogP contribution in [0.5, 0.6) is 0 Å². The molecule has 0 spiro atoms. The Labute approximate surface area is 159 Å². The topological polar surface area (TPSA) is 87.4 Å². The van der Waals surface area contributed by atoms with Crippen LogP contribution in [0.1, 0.15) is 56.3 Å². The minimum atomic E-state index is -0.378. The van der Waals surface area contributed by atoms with E-state index in [9.17, 15) is 9.90 Å². The summed E-state index contributed by atoms with van der Waals surface area (Å²) in [6.07, 6.45) is 5.12. The van der Waals surface area contributed by atoms with Gasteiger partial charge in [-0.25, -0.2) is 0 Å². The fourth-order valence-electron chi connectivity index (χ4n) is 4.90. The van der Waals surface area contributed by atoms with Crippen LogP contribution in [0.4, 0.5) is 6.01 Å². The van der Waals surface area contributed by atoms with E-state index in [4.69, 9.17) is 4.42 Å². The molecule has 2 fully saturated rings. The van der Waals surface area contributed by atoms with Gasteiger partial charge in [-0.05, 0) is 56.1 Å². The molecule has 2 bridgehead atoms. The highest BCUT2D eigenvalue weighted by molar-refractivity contribution is 6.04. The van der Waals surface area contributed by atoms with Gasteiger partial charge < -0.3 is 20.2 Å². The van der Waals surface area contributed by atoms with Crippen molar-refractivity contribution in [2.45, 2.75) is 58.1 Å². The molecular weight excluding hydrogens is 342 g/mol. The molecule has 1 aromatic carbocycles. The number of fused-ring (bicyclic) bond motifs is 3. The molecule has 1 aromatic heterocycles. The Morgan fingerprint density at radius 2 is 2.26 bits per heavy atom. The van der Waals surface area contributed by atoms with Crippen molar-refractivity contribution in [1.82, 2.24) is 10.3 Å². The molecule has 0 saturated heterocycles. The second-order valence-corrected chi connectivity index (χ2v) is 8.27. The number of carbonyl (C=O) groups is 1. The predicted octanol–water partition coefficient (Wildman–Crippen LogP) is 3.57. The van der Waals surface area contributed by atoms with Crippen LogP contribution < -0.4 is 10.6 Å². The summed E-state index contributed by atoms with van der Waals surface area (Å²) < 4.78 is 5.71. The van der Waals surface area contributed by atoms with Gasteiger partial charge in [0.25, 0.3) is 11.9 Å². The third kappa shape index (κ3) is 3.68. The van der Waals surface area contributed by atoms with Gasteiger partial charge in [-0.2, -0.15) is 4.98 Å². The number of hydrogen-bond acceptors (Lipinski definition) is 5. The highest BCUT2D eigenvalue weighted by atomic mass is 16.4. The summed E-state index contributed by atoms with van der Waals surface area (Å²) in [5.74, 6) is 1.99. The first-order valence-electron chi connectivity index (χ1n) is 10.1. The third-order valence-corrected chi connectivity index (χ3v) is 6.42. The number of nitrogens with one attached hydrogen (secondary N) is 2. The normalized spacial score (nSPS) is 28.3. The van der Waals surface area contributed by atoms with Crippen LogP contribution in [-0.2, 0) is 0 Å². The number of anilines is 1. The summed E-state index contributed by atoms with van der Waals surface area (Å²) >= 11 is 0. The number of carbonyl (C=O) groups excluding carboxylic acids is 1. The summed E-state index contributed by atoms with van der Waals surface area (Å²) in [4.78, 5) is 17.4. The zero-order valence-corrected chi connectivity index (χ0v) is 16.1. The van der Waals surface area contributed by atoms with Crippen LogP contribution in [-0.4, -0.2) is 34.7 Å². The molecule has 2 saturated carbocycles. The van der Waals surface area contributed by atoms with Crippen LogP contribution in [0.2, 0.25) is 0 Å². The highest BCUT2D eigenvalue weighted by Gasteiger charge is 2.43. The van der Waals surface area contributed by atoms with Gasteiger partial charge in [-0.1, -0.05) is 25.8 Å². The van der Waals surface area contributed by atoms with Crippen molar-refractivity contribution in [1.29, 1.82) is 0 Å². The maximum atomic E-state index is 13.0. The molecule has 2 aliphatic rings. The van der Waals surface area contributed by atoms with E-state index in [1.807, 2.05) is 18.2 Å². The number of rotatable bonds is 6. The predicted molar refractivity (Wildman–Crippen MR) is 105 cm³/mol. The Morgan fingerprint density at radius 1 is 1.41 bits per heavy atom. The number of hydrogen-bond donors (Lipinski definition) is 3. The molecule has 146 valence electrons. The molecule has 3 N–H and O–H groups in total. The van der Waals surface area contributed by atoms with E-state index in [1.165, 1.54) is 19.3 Å². The lowest BCUT2D eigenvalue weighted by Crippen LogP contribution is -2.38. The monoisotopic (exact) mass is 371 g/mol. The van der Waals surface area contributed by atoms with Crippen LogP contribution >= 0.6 is 0 Å². The molecule has 6 heteroatoms. The lowest BCUT2D eigenvalue weighted by Gasteiger charge is -2.28. The van der Waals surface area contributed by atoms with E-state index in [-0.39, 0.29) is 18.1 Å². The lowest BCUT2D eigenvalue weighted by molar-refractivity contribution is 0.0924. The number of oxazole rings is 1. The van der Waals surface area contributed by atoms with Gasteiger partial charge in [0.15, 0.2) is 5.58 Å². The van der Waals surface area contributed by atoms with Gasteiger partial charge in [0.2, 0.25) is 0 Å². The van der Waals surface area contributed by atoms with E-state index < -0.39 is 0 Å². The average molecular weight is 371 g/mol. The van der Waals surface area contributed by atoms with E-state index in [1.54, 1.807) is 6.92 Å².